The highest BCUT2D eigenvalue weighted by atomic mass is 35.5. The number of halogens is 1. The molecule has 1 aromatic carbocycles. The molecule has 0 aliphatic carbocycles. The van der Waals surface area contributed by atoms with Crippen LogP contribution in [0.15, 0.2) is 24.3 Å². The SMILES string of the molecule is COc1ccccc1CC(=O)N1CCC2(CCNC2)C1.Cl. The highest BCUT2D eigenvalue weighted by molar-refractivity contribution is 5.85. The number of ether oxygens (including phenoxy) is 1. The van der Waals surface area contributed by atoms with E-state index < -0.39 is 0 Å². The maximum Gasteiger partial charge on any atom is 0.227 e. The topological polar surface area (TPSA) is 41.6 Å². The number of rotatable bonds is 3. The Morgan fingerprint density at radius 3 is 2.90 bits per heavy atom. The lowest BCUT2D eigenvalue weighted by Crippen LogP contribution is -2.34. The summed E-state index contributed by atoms with van der Waals surface area (Å²) in [6.45, 7) is 3.96. The predicted octanol–water partition coefficient (Wildman–Crippen LogP) is 1.87. The molecule has 21 heavy (non-hydrogen) atoms. The van der Waals surface area contributed by atoms with Crippen molar-refractivity contribution in [2.75, 3.05) is 33.3 Å². The van der Waals surface area contributed by atoms with Crippen molar-refractivity contribution >= 4 is 18.3 Å². The molecule has 1 unspecified atom stereocenters. The van der Waals surface area contributed by atoms with Crippen molar-refractivity contribution in [1.29, 1.82) is 0 Å². The highest BCUT2D eigenvalue weighted by Crippen LogP contribution is 2.36. The highest BCUT2D eigenvalue weighted by Gasteiger charge is 2.41. The van der Waals surface area contributed by atoms with Gasteiger partial charge in [-0.05, 0) is 25.5 Å². The van der Waals surface area contributed by atoms with E-state index in [4.69, 9.17) is 4.74 Å². The third kappa shape index (κ3) is 3.33. The van der Waals surface area contributed by atoms with Crippen molar-refractivity contribution in [1.82, 2.24) is 10.2 Å². The molecule has 1 aromatic rings. The smallest absolute Gasteiger partial charge is 0.227 e. The average molecular weight is 311 g/mol. The van der Waals surface area contributed by atoms with Gasteiger partial charge in [0.25, 0.3) is 0 Å². The summed E-state index contributed by atoms with van der Waals surface area (Å²) in [6.07, 6.45) is 2.77. The number of carbonyl (C=O) groups excluding carboxylic acids is 1. The maximum absolute atomic E-state index is 12.5. The minimum Gasteiger partial charge on any atom is -0.496 e. The molecule has 2 aliphatic rings. The summed E-state index contributed by atoms with van der Waals surface area (Å²) in [5, 5.41) is 3.42. The number of amides is 1. The van der Waals surface area contributed by atoms with Crippen molar-refractivity contribution in [3.63, 3.8) is 0 Å². The third-order valence-electron chi connectivity index (χ3n) is 4.66. The minimum absolute atomic E-state index is 0. The molecule has 1 amide bonds. The van der Waals surface area contributed by atoms with Gasteiger partial charge in [-0.3, -0.25) is 4.79 Å². The van der Waals surface area contributed by atoms with Gasteiger partial charge in [0.05, 0.1) is 13.5 Å². The Morgan fingerprint density at radius 1 is 1.38 bits per heavy atom. The predicted molar refractivity (Wildman–Crippen MR) is 85.1 cm³/mol. The van der Waals surface area contributed by atoms with Gasteiger partial charge in [-0.2, -0.15) is 0 Å². The quantitative estimate of drug-likeness (QED) is 0.927. The fourth-order valence-corrected chi connectivity index (χ4v) is 3.42. The monoisotopic (exact) mass is 310 g/mol. The van der Waals surface area contributed by atoms with Crippen LogP contribution in [-0.4, -0.2) is 44.1 Å². The van der Waals surface area contributed by atoms with Crippen molar-refractivity contribution in [3.05, 3.63) is 29.8 Å². The van der Waals surface area contributed by atoms with Crippen LogP contribution in [0.1, 0.15) is 18.4 Å². The van der Waals surface area contributed by atoms with Crippen molar-refractivity contribution in [2.24, 2.45) is 5.41 Å². The molecular formula is C16H23ClN2O2. The van der Waals surface area contributed by atoms with E-state index in [2.05, 4.69) is 5.32 Å². The molecule has 0 bridgehead atoms. The second-order valence-corrected chi connectivity index (χ2v) is 5.98. The summed E-state index contributed by atoms with van der Waals surface area (Å²) >= 11 is 0. The van der Waals surface area contributed by atoms with Crippen LogP contribution in [0, 0.1) is 5.41 Å². The summed E-state index contributed by atoms with van der Waals surface area (Å²) in [4.78, 5) is 14.5. The van der Waals surface area contributed by atoms with Gasteiger partial charge in [0.1, 0.15) is 5.75 Å². The number of nitrogens with one attached hydrogen (secondary N) is 1. The van der Waals surface area contributed by atoms with E-state index in [9.17, 15) is 4.79 Å². The maximum atomic E-state index is 12.5. The molecule has 0 saturated carbocycles. The summed E-state index contributed by atoms with van der Waals surface area (Å²) < 4.78 is 5.32. The molecule has 4 nitrogen and oxygen atoms in total. The zero-order valence-corrected chi connectivity index (χ0v) is 13.2. The second-order valence-electron chi connectivity index (χ2n) is 5.98. The van der Waals surface area contributed by atoms with Crippen molar-refractivity contribution < 1.29 is 9.53 Å². The summed E-state index contributed by atoms with van der Waals surface area (Å²) in [5.74, 6) is 1.02. The lowest BCUT2D eigenvalue weighted by molar-refractivity contribution is -0.129. The van der Waals surface area contributed by atoms with Crippen LogP contribution in [0.5, 0.6) is 5.75 Å². The molecule has 0 radical (unpaired) electrons. The lowest BCUT2D eigenvalue weighted by Gasteiger charge is -2.23. The largest absolute Gasteiger partial charge is 0.496 e. The number of methoxy groups -OCH3 is 1. The van der Waals surface area contributed by atoms with E-state index in [0.29, 0.717) is 11.8 Å². The van der Waals surface area contributed by atoms with Crippen molar-refractivity contribution in [3.8, 4) is 5.75 Å². The zero-order valence-electron chi connectivity index (χ0n) is 12.4. The number of hydrogen-bond donors (Lipinski definition) is 1. The fourth-order valence-electron chi connectivity index (χ4n) is 3.42. The number of hydrogen-bond acceptors (Lipinski definition) is 3. The molecule has 1 atom stereocenters. The Kier molecular flexibility index (Phi) is 5.12. The van der Waals surface area contributed by atoms with Crippen molar-refractivity contribution in [2.45, 2.75) is 19.3 Å². The van der Waals surface area contributed by atoms with Crippen LogP contribution in [0.2, 0.25) is 0 Å². The number of likely N-dealkylation sites (tertiary alicyclic amines) is 1. The van der Waals surface area contributed by atoms with E-state index in [-0.39, 0.29) is 18.3 Å². The summed E-state index contributed by atoms with van der Waals surface area (Å²) in [5.41, 5.74) is 1.32. The van der Waals surface area contributed by atoms with Gasteiger partial charge in [0.15, 0.2) is 0 Å². The molecule has 116 valence electrons. The van der Waals surface area contributed by atoms with Gasteiger partial charge in [-0.25, -0.2) is 0 Å². The Labute approximate surface area is 132 Å². The molecule has 1 N–H and O–H groups in total. The number of para-hydroxylation sites is 1. The standard InChI is InChI=1S/C16H22N2O2.ClH/c1-20-14-5-3-2-4-13(14)10-15(19)18-9-7-16(12-18)6-8-17-11-16;/h2-5,17H,6-12H2,1H3;1H. The van der Waals surface area contributed by atoms with Crippen LogP contribution in [0.4, 0.5) is 0 Å². The van der Waals surface area contributed by atoms with Gasteiger partial charge in [0, 0.05) is 30.6 Å². The van der Waals surface area contributed by atoms with Gasteiger partial charge in [-0.1, -0.05) is 18.2 Å². The normalized spacial score (nSPS) is 24.1. The van der Waals surface area contributed by atoms with Gasteiger partial charge in [-0.15, -0.1) is 12.4 Å². The Hall–Kier alpha value is -1.26. The van der Waals surface area contributed by atoms with E-state index in [1.54, 1.807) is 7.11 Å². The first-order valence-corrected chi connectivity index (χ1v) is 7.33. The summed E-state index contributed by atoms with van der Waals surface area (Å²) in [7, 11) is 1.65. The molecular weight excluding hydrogens is 288 g/mol. The van der Waals surface area contributed by atoms with Crippen LogP contribution in [0.25, 0.3) is 0 Å². The molecule has 2 saturated heterocycles. The molecule has 0 aromatic heterocycles. The minimum atomic E-state index is 0. The van der Waals surface area contributed by atoms with Crippen LogP contribution >= 0.6 is 12.4 Å². The van der Waals surface area contributed by atoms with Gasteiger partial charge >= 0.3 is 0 Å². The van der Waals surface area contributed by atoms with Crippen LogP contribution in [-0.2, 0) is 11.2 Å². The van der Waals surface area contributed by atoms with Gasteiger partial charge < -0.3 is 15.0 Å². The first-order valence-electron chi connectivity index (χ1n) is 7.33. The fraction of sp³-hybridized carbons (Fsp3) is 0.562. The Balaban J connectivity index is 0.00000161. The van der Waals surface area contributed by atoms with Crippen LogP contribution in [0.3, 0.4) is 0 Å². The number of benzene rings is 1. The summed E-state index contributed by atoms with van der Waals surface area (Å²) in [6, 6.07) is 7.77. The van der Waals surface area contributed by atoms with E-state index in [0.717, 1.165) is 43.9 Å². The second kappa shape index (κ2) is 6.67. The van der Waals surface area contributed by atoms with Gasteiger partial charge in [0.2, 0.25) is 5.91 Å². The molecule has 2 aliphatic heterocycles. The first kappa shape index (κ1) is 16.1. The van der Waals surface area contributed by atoms with E-state index in [1.165, 1.54) is 6.42 Å². The van der Waals surface area contributed by atoms with E-state index >= 15 is 0 Å². The molecule has 5 heteroatoms. The van der Waals surface area contributed by atoms with E-state index in [1.807, 2.05) is 29.2 Å². The molecule has 3 rings (SSSR count). The third-order valence-corrected chi connectivity index (χ3v) is 4.66. The number of nitrogens with zero attached hydrogens (tertiary/aromatic N) is 1. The Morgan fingerprint density at radius 2 is 2.19 bits per heavy atom. The Bertz CT molecular complexity index is 501. The zero-order chi connectivity index (χ0) is 14.0. The number of carbonyl (C=O) groups is 1. The average Bonchev–Trinajstić information content (AvgIpc) is 3.10. The molecule has 1 spiro atoms. The first-order chi connectivity index (χ1) is 9.72. The molecule has 2 heterocycles. The lowest BCUT2D eigenvalue weighted by atomic mass is 9.86. The van der Waals surface area contributed by atoms with Crippen LogP contribution < -0.4 is 10.1 Å². The molecule has 2 fully saturated rings.